The highest BCUT2D eigenvalue weighted by molar-refractivity contribution is 6.26. The van der Waals surface area contributed by atoms with E-state index in [4.69, 9.17) is 10.5 Å². The van der Waals surface area contributed by atoms with Crippen molar-refractivity contribution in [3.8, 4) is 11.1 Å². The second kappa shape index (κ2) is 7.09. The number of ketones is 1. The molecule has 1 amide bonds. The molecule has 0 heterocycles. The predicted octanol–water partition coefficient (Wildman–Crippen LogP) is 3.28. The molecule has 0 bridgehead atoms. The summed E-state index contributed by atoms with van der Waals surface area (Å²) in [5, 5.41) is 2.78. The molecule has 28 heavy (non-hydrogen) atoms. The van der Waals surface area contributed by atoms with E-state index < -0.39 is 12.1 Å². The van der Waals surface area contributed by atoms with Crippen LogP contribution < -0.4 is 11.1 Å². The summed E-state index contributed by atoms with van der Waals surface area (Å²) in [7, 11) is 0. The summed E-state index contributed by atoms with van der Waals surface area (Å²) >= 11 is 0. The smallest absolute Gasteiger partial charge is 0.294 e. The standard InChI is InChI=1S/C22H16N2O4/c23-21(28-12-25)13-5-3-6-14(11-13)24-22(27)18-10-4-9-16-15-7-1-2-8-17(15)20(26)19(16)18/h1-12,21H,23H2,(H,24,27)/t21-/m1/s1. The summed E-state index contributed by atoms with van der Waals surface area (Å²) < 4.78 is 4.72. The van der Waals surface area contributed by atoms with E-state index in [0.29, 0.717) is 27.9 Å². The van der Waals surface area contributed by atoms with Crippen molar-refractivity contribution in [2.75, 3.05) is 5.32 Å². The van der Waals surface area contributed by atoms with Crippen molar-refractivity contribution in [2.45, 2.75) is 6.23 Å². The van der Waals surface area contributed by atoms with Gasteiger partial charge in [-0.1, -0.05) is 48.5 Å². The highest BCUT2D eigenvalue weighted by Crippen LogP contribution is 2.38. The summed E-state index contributed by atoms with van der Waals surface area (Å²) in [6, 6.07) is 19.2. The molecule has 3 N–H and O–H groups in total. The van der Waals surface area contributed by atoms with Crippen LogP contribution in [-0.2, 0) is 9.53 Å². The molecule has 1 atom stereocenters. The minimum atomic E-state index is -0.925. The Bertz CT molecular complexity index is 1110. The first-order chi connectivity index (χ1) is 13.6. The summed E-state index contributed by atoms with van der Waals surface area (Å²) in [5.41, 5.74) is 9.64. The number of hydrogen-bond acceptors (Lipinski definition) is 5. The number of anilines is 1. The number of carbonyl (C=O) groups is 3. The number of benzene rings is 3. The molecule has 0 saturated carbocycles. The zero-order valence-electron chi connectivity index (χ0n) is 14.7. The van der Waals surface area contributed by atoms with Crippen LogP contribution in [0.3, 0.4) is 0 Å². The maximum Gasteiger partial charge on any atom is 0.294 e. The van der Waals surface area contributed by atoms with Crippen LogP contribution in [-0.4, -0.2) is 18.2 Å². The molecule has 6 heteroatoms. The van der Waals surface area contributed by atoms with Crippen LogP contribution in [0.1, 0.15) is 38.1 Å². The number of rotatable bonds is 5. The molecule has 4 rings (SSSR count). The summed E-state index contributed by atoms with van der Waals surface area (Å²) in [5.74, 6) is -0.563. The van der Waals surface area contributed by atoms with Gasteiger partial charge in [0, 0.05) is 22.4 Å². The van der Waals surface area contributed by atoms with Crippen LogP contribution >= 0.6 is 0 Å². The Morgan fingerprint density at radius 3 is 2.46 bits per heavy atom. The van der Waals surface area contributed by atoms with E-state index in [0.717, 1.165) is 11.1 Å². The Morgan fingerprint density at radius 2 is 1.68 bits per heavy atom. The Kier molecular flexibility index (Phi) is 4.47. The average Bonchev–Trinajstić information content (AvgIpc) is 3.01. The molecule has 3 aromatic carbocycles. The fraction of sp³-hybridized carbons (Fsp3) is 0.0455. The zero-order valence-corrected chi connectivity index (χ0v) is 14.7. The summed E-state index contributed by atoms with van der Waals surface area (Å²) in [6.45, 7) is 0.270. The fourth-order valence-electron chi connectivity index (χ4n) is 3.39. The molecule has 0 aliphatic heterocycles. The maximum atomic E-state index is 12.9. The van der Waals surface area contributed by atoms with E-state index in [9.17, 15) is 14.4 Å². The molecule has 0 radical (unpaired) electrons. The number of carbonyl (C=O) groups excluding carboxylic acids is 3. The molecule has 138 valence electrons. The lowest BCUT2D eigenvalue weighted by Gasteiger charge is -2.13. The topological polar surface area (TPSA) is 98.5 Å². The van der Waals surface area contributed by atoms with E-state index in [1.54, 1.807) is 48.5 Å². The van der Waals surface area contributed by atoms with Gasteiger partial charge in [0.1, 0.15) is 0 Å². The molecule has 0 fully saturated rings. The Balaban J connectivity index is 1.66. The van der Waals surface area contributed by atoms with Crippen LogP contribution in [0.15, 0.2) is 66.7 Å². The van der Waals surface area contributed by atoms with Gasteiger partial charge in [-0.15, -0.1) is 0 Å². The van der Waals surface area contributed by atoms with Crippen molar-refractivity contribution in [1.82, 2.24) is 0 Å². The van der Waals surface area contributed by atoms with Gasteiger partial charge in [-0.25, -0.2) is 0 Å². The van der Waals surface area contributed by atoms with Crippen LogP contribution in [0.5, 0.6) is 0 Å². The third kappa shape index (κ3) is 2.95. The first kappa shape index (κ1) is 17.6. The number of nitrogens with one attached hydrogen (secondary N) is 1. The quantitative estimate of drug-likeness (QED) is 0.414. The third-order valence-corrected chi connectivity index (χ3v) is 4.67. The van der Waals surface area contributed by atoms with Crippen LogP contribution in [0, 0.1) is 0 Å². The molecule has 0 spiro atoms. The lowest BCUT2D eigenvalue weighted by atomic mass is 10.00. The summed E-state index contributed by atoms with van der Waals surface area (Å²) in [4.78, 5) is 36.2. The highest BCUT2D eigenvalue weighted by atomic mass is 16.5. The number of fused-ring (bicyclic) bond motifs is 3. The van der Waals surface area contributed by atoms with Crippen molar-refractivity contribution >= 4 is 23.9 Å². The molecule has 3 aromatic rings. The van der Waals surface area contributed by atoms with Crippen molar-refractivity contribution in [2.24, 2.45) is 5.73 Å². The lowest BCUT2D eigenvalue weighted by Crippen LogP contribution is -2.17. The van der Waals surface area contributed by atoms with Gasteiger partial charge in [-0.3, -0.25) is 20.1 Å². The van der Waals surface area contributed by atoms with E-state index >= 15 is 0 Å². The third-order valence-electron chi connectivity index (χ3n) is 4.67. The first-order valence-corrected chi connectivity index (χ1v) is 8.63. The Morgan fingerprint density at radius 1 is 0.964 bits per heavy atom. The second-order valence-electron chi connectivity index (χ2n) is 6.34. The van der Waals surface area contributed by atoms with Crippen molar-refractivity contribution < 1.29 is 19.1 Å². The van der Waals surface area contributed by atoms with Gasteiger partial charge in [0.05, 0.1) is 5.56 Å². The molecule has 0 unspecified atom stereocenters. The highest BCUT2D eigenvalue weighted by Gasteiger charge is 2.30. The maximum absolute atomic E-state index is 12.9. The molecule has 0 aromatic heterocycles. The van der Waals surface area contributed by atoms with Crippen molar-refractivity contribution in [3.05, 3.63) is 89.0 Å². The largest absolute Gasteiger partial charge is 0.445 e. The van der Waals surface area contributed by atoms with E-state index in [1.807, 2.05) is 18.2 Å². The molecular weight excluding hydrogens is 356 g/mol. The monoisotopic (exact) mass is 372 g/mol. The zero-order chi connectivity index (χ0) is 19.7. The van der Waals surface area contributed by atoms with E-state index in [1.165, 1.54) is 0 Å². The van der Waals surface area contributed by atoms with Gasteiger partial charge in [-0.05, 0) is 29.3 Å². The second-order valence-corrected chi connectivity index (χ2v) is 6.34. The molecular formula is C22H16N2O4. The summed E-state index contributed by atoms with van der Waals surface area (Å²) in [6.07, 6.45) is -0.925. The molecule has 1 aliphatic carbocycles. The number of nitrogens with two attached hydrogens (primary N) is 1. The van der Waals surface area contributed by atoms with Crippen LogP contribution in [0.4, 0.5) is 5.69 Å². The number of ether oxygens (including phenoxy) is 1. The van der Waals surface area contributed by atoms with E-state index in [-0.39, 0.29) is 12.3 Å². The van der Waals surface area contributed by atoms with E-state index in [2.05, 4.69) is 5.32 Å². The number of amides is 1. The SMILES string of the molecule is N[C@H](OC=O)c1cccc(NC(=O)c2cccc3c2C(=O)c2ccccc2-3)c1. The number of hydrogen-bond donors (Lipinski definition) is 2. The van der Waals surface area contributed by atoms with Gasteiger partial charge < -0.3 is 10.1 Å². The van der Waals surface area contributed by atoms with Crippen LogP contribution in [0.25, 0.3) is 11.1 Å². The normalized spacial score (nSPS) is 12.7. The fourth-order valence-corrected chi connectivity index (χ4v) is 3.39. The predicted molar refractivity (Wildman–Crippen MR) is 104 cm³/mol. The minimum Gasteiger partial charge on any atom is -0.445 e. The minimum absolute atomic E-state index is 0.161. The van der Waals surface area contributed by atoms with Crippen molar-refractivity contribution in [1.29, 1.82) is 0 Å². The van der Waals surface area contributed by atoms with Gasteiger partial charge >= 0.3 is 0 Å². The van der Waals surface area contributed by atoms with Gasteiger partial charge in [0.15, 0.2) is 12.0 Å². The Labute approximate surface area is 160 Å². The molecule has 1 aliphatic rings. The average molecular weight is 372 g/mol. The van der Waals surface area contributed by atoms with Crippen molar-refractivity contribution in [3.63, 3.8) is 0 Å². The van der Waals surface area contributed by atoms with Gasteiger partial charge in [0.2, 0.25) is 0 Å². The van der Waals surface area contributed by atoms with Gasteiger partial charge in [-0.2, -0.15) is 0 Å². The molecule has 0 saturated heterocycles. The Hall–Kier alpha value is -3.77. The first-order valence-electron chi connectivity index (χ1n) is 8.63. The molecule has 6 nitrogen and oxygen atoms in total. The van der Waals surface area contributed by atoms with Crippen LogP contribution in [0.2, 0.25) is 0 Å². The van der Waals surface area contributed by atoms with Gasteiger partial charge in [0.25, 0.3) is 12.4 Å². The lowest BCUT2D eigenvalue weighted by molar-refractivity contribution is -0.133.